The molecule has 0 unspecified atom stereocenters. The highest BCUT2D eigenvalue weighted by Gasteiger charge is 2.45. The number of carbonyl (C=O) groups is 2. The Hall–Kier alpha value is -4.46. The quantitative estimate of drug-likeness (QED) is 0.378. The number of carboxylic acid groups (broad SMARTS) is 1. The number of hydrogen-bond acceptors (Lipinski definition) is 7. The first-order valence-electron chi connectivity index (χ1n) is 14.3. The van der Waals surface area contributed by atoms with Crippen molar-refractivity contribution in [3.05, 3.63) is 74.6 Å². The number of aliphatic carboxylic acids is 1. The minimum Gasteiger partial charge on any atom is -0.493 e. The van der Waals surface area contributed by atoms with E-state index in [9.17, 15) is 32.7 Å². The lowest BCUT2D eigenvalue weighted by molar-refractivity contribution is -0.167. The van der Waals surface area contributed by atoms with Crippen LogP contribution >= 0.6 is 0 Å². The second kappa shape index (κ2) is 12.5. The summed E-state index contributed by atoms with van der Waals surface area (Å²) in [6.07, 6.45) is -2.06. The highest BCUT2D eigenvalue weighted by Crippen LogP contribution is 2.37. The van der Waals surface area contributed by atoms with E-state index >= 15 is 4.39 Å². The van der Waals surface area contributed by atoms with Gasteiger partial charge in [0.2, 0.25) is 0 Å². The van der Waals surface area contributed by atoms with Gasteiger partial charge in [0.05, 0.1) is 25.4 Å². The van der Waals surface area contributed by atoms with Gasteiger partial charge in [-0.05, 0) is 61.6 Å². The number of halogens is 4. The number of amides is 1. The first kappa shape index (κ1) is 31.9. The van der Waals surface area contributed by atoms with Crippen LogP contribution in [0.3, 0.4) is 0 Å². The molecule has 1 aromatic heterocycles. The minimum atomic E-state index is -4.62. The van der Waals surface area contributed by atoms with E-state index in [0.29, 0.717) is 47.6 Å². The fourth-order valence-electron chi connectivity index (χ4n) is 5.73. The van der Waals surface area contributed by atoms with Gasteiger partial charge in [-0.25, -0.2) is 14.2 Å². The van der Waals surface area contributed by atoms with Crippen molar-refractivity contribution < 1.29 is 41.7 Å². The third-order valence-electron chi connectivity index (χ3n) is 8.21. The lowest BCUT2D eigenvalue weighted by Gasteiger charge is -2.38. The summed E-state index contributed by atoms with van der Waals surface area (Å²) in [6, 6.07) is 1.94. The Morgan fingerprint density at radius 1 is 1.20 bits per heavy atom. The number of carbonyl (C=O) groups excluding carboxylic acids is 1. The zero-order chi connectivity index (χ0) is 32.6. The summed E-state index contributed by atoms with van der Waals surface area (Å²) in [7, 11) is 1.63. The number of hydrogen-bond donors (Lipinski definition) is 2. The van der Waals surface area contributed by atoms with Crippen molar-refractivity contribution in [2.75, 3.05) is 31.3 Å². The van der Waals surface area contributed by atoms with Crippen molar-refractivity contribution in [2.45, 2.75) is 51.4 Å². The van der Waals surface area contributed by atoms with Crippen LogP contribution in [-0.4, -0.2) is 71.2 Å². The van der Waals surface area contributed by atoms with E-state index in [1.807, 2.05) is 0 Å². The van der Waals surface area contributed by atoms with E-state index in [2.05, 4.69) is 10.3 Å². The molecule has 1 fully saturated rings. The van der Waals surface area contributed by atoms with Crippen LogP contribution in [0.1, 0.15) is 39.2 Å². The van der Waals surface area contributed by atoms with Crippen molar-refractivity contribution in [3.63, 3.8) is 0 Å². The van der Waals surface area contributed by atoms with Gasteiger partial charge in [-0.1, -0.05) is 6.07 Å². The van der Waals surface area contributed by atoms with Crippen LogP contribution in [-0.2, 0) is 29.4 Å². The molecule has 1 amide bonds. The van der Waals surface area contributed by atoms with Crippen molar-refractivity contribution in [3.8, 4) is 17.0 Å². The van der Waals surface area contributed by atoms with Gasteiger partial charge in [0.1, 0.15) is 29.3 Å². The van der Waals surface area contributed by atoms with E-state index in [0.717, 1.165) is 11.0 Å². The smallest absolute Gasteiger partial charge is 0.411 e. The number of aryl methyl sites for hydroxylation is 2. The average molecular weight is 633 g/mol. The zero-order valence-corrected chi connectivity index (χ0v) is 24.8. The highest BCUT2D eigenvalue weighted by atomic mass is 19.4. The molecule has 14 heteroatoms. The SMILES string of the molecule is Cc1cc(N2CCOC[C@@H]2C(F)(F)F)cc(F)c1C(=O)N[C@@H](Cc1ccc(-c2ncc(C)n(C)c2=O)c2c1CCCO2)C(=O)O. The molecule has 2 aromatic carbocycles. The number of anilines is 1. The maximum atomic E-state index is 15.3. The number of aromatic nitrogens is 2. The molecular formula is C31H32F4N4O6. The molecule has 3 aromatic rings. The largest absolute Gasteiger partial charge is 0.493 e. The highest BCUT2D eigenvalue weighted by molar-refractivity contribution is 5.98. The predicted octanol–water partition coefficient (Wildman–Crippen LogP) is 3.72. The molecule has 45 heavy (non-hydrogen) atoms. The maximum absolute atomic E-state index is 15.3. The van der Waals surface area contributed by atoms with Gasteiger partial charge < -0.3 is 29.4 Å². The molecular weight excluding hydrogens is 600 g/mol. The molecule has 3 heterocycles. The number of ether oxygens (including phenoxy) is 2. The molecule has 5 rings (SSSR count). The lowest BCUT2D eigenvalue weighted by Crippen LogP contribution is -2.53. The topological polar surface area (TPSA) is 123 Å². The number of fused-ring (bicyclic) bond motifs is 1. The summed E-state index contributed by atoms with van der Waals surface area (Å²) in [5.74, 6) is -3.06. The molecule has 2 N–H and O–H groups in total. The molecule has 0 radical (unpaired) electrons. The van der Waals surface area contributed by atoms with Crippen LogP contribution in [0.25, 0.3) is 11.3 Å². The lowest BCUT2D eigenvalue weighted by atomic mass is 9.91. The number of nitrogens with zero attached hydrogens (tertiary/aromatic N) is 3. The van der Waals surface area contributed by atoms with E-state index in [4.69, 9.17) is 9.47 Å². The van der Waals surface area contributed by atoms with Crippen molar-refractivity contribution in [1.29, 1.82) is 0 Å². The van der Waals surface area contributed by atoms with Crippen LogP contribution < -0.4 is 20.5 Å². The molecule has 2 aliphatic heterocycles. The van der Waals surface area contributed by atoms with Gasteiger partial charge in [0.15, 0.2) is 0 Å². The van der Waals surface area contributed by atoms with Gasteiger partial charge in [0, 0.05) is 43.2 Å². The molecule has 0 aliphatic carbocycles. The Morgan fingerprint density at radius 2 is 1.96 bits per heavy atom. The third kappa shape index (κ3) is 6.37. The van der Waals surface area contributed by atoms with E-state index in [1.165, 1.54) is 17.6 Å². The molecule has 10 nitrogen and oxygen atoms in total. The summed E-state index contributed by atoms with van der Waals surface area (Å²) in [5, 5.41) is 12.4. The Bertz CT molecular complexity index is 1680. The second-order valence-corrected chi connectivity index (χ2v) is 11.2. The number of carboxylic acids is 1. The number of rotatable bonds is 7. The fourth-order valence-corrected chi connectivity index (χ4v) is 5.73. The van der Waals surface area contributed by atoms with Gasteiger partial charge >= 0.3 is 12.1 Å². The zero-order valence-electron chi connectivity index (χ0n) is 24.8. The standard InChI is InChI=1S/C31H32F4N4O6/c1-16-11-19(39-8-10-44-15-24(39)31(33,34)35)13-22(32)25(16)28(40)37-23(30(42)43)12-18-6-7-21(27-20(18)5-4-9-45-27)26-29(41)38(3)17(2)14-36-26/h6-7,11,13-14,23-24H,4-5,8-10,12,15H2,1-3H3,(H,37,40)(H,42,43)/t23-,24+/m0/s1. The maximum Gasteiger partial charge on any atom is 0.411 e. The number of alkyl halides is 3. The van der Waals surface area contributed by atoms with E-state index in [-0.39, 0.29) is 42.1 Å². The van der Waals surface area contributed by atoms with Crippen molar-refractivity contribution >= 4 is 17.6 Å². The molecule has 240 valence electrons. The van der Waals surface area contributed by atoms with Crippen molar-refractivity contribution in [2.24, 2.45) is 7.05 Å². The molecule has 0 saturated carbocycles. The molecule has 1 saturated heterocycles. The van der Waals surface area contributed by atoms with Crippen LogP contribution in [0.4, 0.5) is 23.2 Å². The average Bonchev–Trinajstić information content (AvgIpc) is 2.99. The number of benzene rings is 2. The summed E-state index contributed by atoms with van der Waals surface area (Å²) < 4.78 is 68.5. The summed E-state index contributed by atoms with van der Waals surface area (Å²) in [6.45, 7) is 2.79. The minimum absolute atomic E-state index is 0.0175. The predicted molar refractivity (Wildman–Crippen MR) is 155 cm³/mol. The summed E-state index contributed by atoms with van der Waals surface area (Å²) in [5.41, 5.74) is 1.75. The Balaban J connectivity index is 1.42. The van der Waals surface area contributed by atoms with Gasteiger partial charge in [-0.3, -0.25) is 9.59 Å². The molecule has 2 atom stereocenters. The van der Waals surface area contributed by atoms with Gasteiger partial charge in [-0.15, -0.1) is 0 Å². The van der Waals surface area contributed by atoms with Crippen molar-refractivity contribution in [1.82, 2.24) is 14.9 Å². The molecule has 2 aliphatic rings. The van der Waals surface area contributed by atoms with Gasteiger partial charge in [0.25, 0.3) is 11.5 Å². The number of morpholine rings is 1. The van der Waals surface area contributed by atoms with Crippen LogP contribution in [0, 0.1) is 19.7 Å². The van der Waals surface area contributed by atoms with E-state index in [1.54, 1.807) is 32.3 Å². The monoisotopic (exact) mass is 632 g/mol. The third-order valence-corrected chi connectivity index (χ3v) is 8.21. The fraction of sp³-hybridized carbons (Fsp3) is 0.419. The Morgan fingerprint density at radius 3 is 2.64 bits per heavy atom. The Labute approximate surface area is 255 Å². The number of nitrogens with one attached hydrogen (secondary N) is 1. The van der Waals surface area contributed by atoms with E-state index < -0.39 is 48.1 Å². The van der Waals surface area contributed by atoms with Crippen LogP contribution in [0.5, 0.6) is 5.75 Å². The normalized spacial score (nSPS) is 17.3. The van der Waals surface area contributed by atoms with Crippen LogP contribution in [0.2, 0.25) is 0 Å². The first-order valence-corrected chi connectivity index (χ1v) is 14.3. The second-order valence-electron chi connectivity index (χ2n) is 11.2. The van der Waals surface area contributed by atoms with Crippen LogP contribution in [0.15, 0.2) is 35.3 Å². The first-order chi connectivity index (χ1) is 21.3. The molecule has 0 bridgehead atoms. The summed E-state index contributed by atoms with van der Waals surface area (Å²) in [4.78, 5) is 43.7. The summed E-state index contributed by atoms with van der Waals surface area (Å²) >= 11 is 0. The Kier molecular flexibility index (Phi) is 8.88. The molecule has 0 spiro atoms. The van der Waals surface area contributed by atoms with Gasteiger partial charge in [-0.2, -0.15) is 13.2 Å².